The number of aromatic nitrogens is 1. The van der Waals surface area contributed by atoms with Gasteiger partial charge >= 0.3 is 0 Å². The van der Waals surface area contributed by atoms with Crippen molar-refractivity contribution >= 4 is 21.8 Å². The topological polar surface area (TPSA) is 149 Å². The number of likely N-dealkylation sites (N-methyl/N-ethyl adjacent to an activating group) is 1. The van der Waals surface area contributed by atoms with Gasteiger partial charge in [0.15, 0.2) is 6.04 Å². The summed E-state index contributed by atoms with van der Waals surface area (Å²) < 4.78 is 28.1. The molecular formula is C35H48N4O6S. The van der Waals surface area contributed by atoms with E-state index in [0.717, 1.165) is 56.2 Å². The number of hydrogen-bond acceptors (Lipinski definition) is 7. The largest absolute Gasteiger partial charge is 0.390 e. The van der Waals surface area contributed by atoms with E-state index >= 15 is 0 Å². The fraction of sp³-hybridized carbons (Fsp3) is 0.571. The van der Waals surface area contributed by atoms with Crippen molar-refractivity contribution in [2.45, 2.75) is 88.5 Å². The van der Waals surface area contributed by atoms with E-state index in [4.69, 9.17) is 6.42 Å². The van der Waals surface area contributed by atoms with Gasteiger partial charge in [-0.05, 0) is 55.2 Å². The van der Waals surface area contributed by atoms with Gasteiger partial charge in [0, 0.05) is 31.9 Å². The molecule has 1 heterocycles. The number of nitrogens with one attached hydrogen (secondary N) is 2. The summed E-state index contributed by atoms with van der Waals surface area (Å²) >= 11 is 0. The van der Waals surface area contributed by atoms with E-state index in [1.165, 1.54) is 11.4 Å². The Labute approximate surface area is 273 Å². The van der Waals surface area contributed by atoms with E-state index in [1.54, 1.807) is 12.3 Å². The van der Waals surface area contributed by atoms with Gasteiger partial charge < -0.3 is 20.8 Å². The maximum Gasteiger partial charge on any atom is 0.255 e. The lowest BCUT2D eigenvalue weighted by Gasteiger charge is -2.33. The number of aliphatic hydroxyl groups excluding tert-OH is 2. The Morgan fingerprint density at radius 3 is 2.33 bits per heavy atom. The number of benzene rings is 1. The van der Waals surface area contributed by atoms with Crippen LogP contribution in [0.15, 0.2) is 54.7 Å². The van der Waals surface area contributed by atoms with Gasteiger partial charge in [-0.1, -0.05) is 74.4 Å². The Bertz CT molecular complexity index is 1410. The summed E-state index contributed by atoms with van der Waals surface area (Å²) in [4.78, 5) is 31.4. The van der Waals surface area contributed by atoms with Crippen LogP contribution in [0.5, 0.6) is 0 Å². The first-order valence-corrected chi connectivity index (χ1v) is 18.0. The molecule has 1 aromatic heterocycles. The van der Waals surface area contributed by atoms with Crippen molar-refractivity contribution in [3.05, 3.63) is 66.0 Å². The molecule has 10 nitrogen and oxygen atoms in total. The van der Waals surface area contributed by atoms with Crippen LogP contribution in [0.1, 0.15) is 62.6 Å². The van der Waals surface area contributed by atoms with Gasteiger partial charge in [-0.15, -0.1) is 6.42 Å². The molecule has 0 unspecified atom stereocenters. The van der Waals surface area contributed by atoms with Crippen LogP contribution >= 0.6 is 0 Å². The zero-order chi connectivity index (χ0) is 33.1. The number of carbonyl (C=O) groups is 2. The molecule has 2 saturated carbocycles. The second kappa shape index (κ2) is 17.0. The number of nitrogens with zero attached hydrogens (tertiary/aromatic N) is 2. The molecule has 1 aromatic carbocycles. The van der Waals surface area contributed by atoms with Crippen molar-refractivity contribution < 1.29 is 28.2 Å². The van der Waals surface area contributed by atoms with Crippen LogP contribution < -0.4 is 10.6 Å². The van der Waals surface area contributed by atoms with Gasteiger partial charge in [-0.25, -0.2) is 12.7 Å². The molecule has 0 bridgehead atoms. The lowest BCUT2D eigenvalue weighted by atomic mass is 9.82. The maximum absolute atomic E-state index is 13.7. The van der Waals surface area contributed by atoms with Crippen LogP contribution in [0.2, 0.25) is 0 Å². The maximum atomic E-state index is 13.7. The van der Waals surface area contributed by atoms with Crippen molar-refractivity contribution in [1.29, 1.82) is 0 Å². The third-order valence-corrected chi connectivity index (χ3v) is 11.2. The van der Waals surface area contributed by atoms with E-state index in [-0.39, 0.29) is 18.9 Å². The highest BCUT2D eigenvalue weighted by molar-refractivity contribution is 7.89. The van der Waals surface area contributed by atoms with Gasteiger partial charge in [0.2, 0.25) is 15.9 Å². The molecule has 4 N–H and O–H groups in total. The molecule has 4 rings (SSSR count). The summed E-state index contributed by atoms with van der Waals surface area (Å²) in [6.07, 6.45) is 13.2. The predicted molar refractivity (Wildman–Crippen MR) is 177 cm³/mol. The van der Waals surface area contributed by atoms with Crippen molar-refractivity contribution in [1.82, 2.24) is 19.9 Å². The first-order valence-electron chi connectivity index (χ1n) is 16.4. The number of carbonyl (C=O) groups excluding carboxylic acids is 2. The van der Waals surface area contributed by atoms with Gasteiger partial charge in [-0.3, -0.25) is 14.6 Å². The second-order valence-corrected chi connectivity index (χ2v) is 15.0. The number of aliphatic hydroxyl groups is 2. The summed E-state index contributed by atoms with van der Waals surface area (Å²) in [5.41, 5.74) is 1.52. The third-order valence-electron chi connectivity index (χ3n) is 9.21. The highest BCUT2D eigenvalue weighted by Gasteiger charge is 2.40. The lowest BCUT2D eigenvalue weighted by Crippen LogP contribution is -2.56. The Kier molecular flexibility index (Phi) is 13.2. The molecule has 2 aromatic rings. The molecule has 5 atom stereocenters. The van der Waals surface area contributed by atoms with E-state index in [1.807, 2.05) is 42.5 Å². The summed E-state index contributed by atoms with van der Waals surface area (Å²) in [6.45, 7) is 0.186. The van der Waals surface area contributed by atoms with Crippen molar-refractivity contribution in [2.75, 3.05) is 19.3 Å². The van der Waals surface area contributed by atoms with Crippen molar-refractivity contribution in [2.24, 2.45) is 17.8 Å². The normalized spacial score (nSPS) is 18.9. The molecule has 2 amide bonds. The zero-order valence-electron chi connectivity index (χ0n) is 26.6. The number of hydrogen-bond donors (Lipinski definition) is 4. The standard InChI is InChI=1S/C35H48N4O6S/c1-3-30(35(43)38-31(23-26-14-8-5-9-15-26)33(41)32(40)27-17-18-27)37-34(42)28(22-25-12-6-4-7-13-25)24-46(44,45)39(2)21-19-29-16-10-11-20-36-29/h1,4,6-7,10-13,16,20,26-28,30-33,40-41H,5,8-9,14-15,17-19,21-24H2,2H3,(H,37,42)(H,38,43)/t28-,30+,31+,32+,33-/m1/s1. The number of amides is 2. The molecule has 2 aliphatic rings. The fourth-order valence-corrected chi connectivity index (χ4v) is 7.60. The van der Waals surface area contributed by atoms with Crippen LogP contribution in [0.3, 0.4) is 0 Å². The van der Waals surface area contributed by atoms with Crippen LogP contribution in [-0.2, 0) is 32.5 Å². The molecule has 250 valence electrons. The van der Waals surface area contributed by atoms with E-state index in [9.17, 15) is 28.2 Å². The third kappa shape index (κ3) is 10.6. The Morgan fingerprint density at radius 1 is 1.00 bits per heavy atom. The second-order valence-electron chi connectivity index (χ2n) is 12.8. The molecule has 46 heavy (non-hydrogen) atoms. The molecule has 0 spiro atoms. The minimum absolute atomic E-state index is 0.00618. The fourth-order valence-electron chi connectivity index (χ4n) is 6.19. The number of sulfonamides is 1. The first-order chi connectivity index (χ1) is 22.1. The quantitative estimate of drug-likeness (QED) is 0.192. The molecule has 2 aliphatic carbocycles. The van der Waals surface area contributed by atoms with Crippen LogP contribution in [-0.4, -0.2) is 83.4 Å². The summed E-state index contributed by atoms with van der Waals surface area (Å²) in [6, 6.07) is 12.4. The monoisotopic (exact) mass is 652 g/mol. The predicted octanol–water partition coefficient (Wildman–Crippen LogP) is 2.45. The lowest BCUT2D eigenvalue weighted by molar-refractivity contribution is -0.130. The molecule has 0 saturated heterocycles. The Balaban J connectivity index is 1.45. The summed E-state index contributed by atoms with van der Waals surface area (Å²) in [7, 11) is -2.41. The molecule has 11 heteroatoms. The number of rotatable bonds is 17. The SMILES string of the molecule is C#C[C@H](NC(=O)[C@H](Cc1ccccc1)CS(=O)(=O)N(C)CCc1ccccn1)C(=O)N[C@@H](CC1CCCCC1)[C@@H](O)[C@@H](O)C1CC1. The highest BCUT2D eigenvalue weighted by atomic mass is 32.2. The van der Waals surface area contributed by atoms with E-state index in [0.29, 0.717) is 18.8 Å². The van der Waals surface area contributed by atoms with Gasteiger partial charge in [0.1, 0.15) is 6.10 Å². The minimum atomic E-state index is -3.88. The summed E-state index contributed by atoms with van der Waals surface area (Å²) in [5.74, 6) is -0.213. The number of pyridine rings is 1. The minimum Gasteiger partial charge on any atom is -0.390 e. The summed E-state index contributed by atoms with van der Waals surface area (Å²) in [5, 5.41) is 27.2. The molecule has 2 fully saturated rings. The smallest absolute Gasteiger partial charge is 0.255 e. The van der Waals surface area contributed by atoms with Gasteiger partial charge in [0.05, 0.1) is 23.8 Å². The van der Waals surface area contributed by atoms with Gasteiger partial charge in [-0.2, -0.15) is 0 Å². The van der Waals surface area contributed by atoms with E-state index in [2.05, 4.69) is 21.5 Å². The van der Waals surface area contributed by atoms with E-state index < -0.39 is 57.8 Å². The molecule has 0 radical (unpaired) electrons. The highest BCUT2D eigenvalue weighted by Crippen LogP contribution is 2.36. The van der Waals surface area contributed by atoms with Crippen molar-refractivity contribution in [3.8, 4) is 12.3 Å². The number of terminal acetylenes is 1. The first kappa shape index (κ1) is 35.6. The van der Waals surface area contributed by atoms with Gasteiger partial charge in [0.25, 0.3) is 5.91 Å². The molecule has 0 aliphatic heterocycles. The van der Waals surface area contributed by atoms with Crippen LogP contribution in [0, 0.1) is 30.1 Å². The average molecular weight is 653 g/mol. The average Bonchev–Trinajstić information content (AvgIpc) is 3.92. The van der Waals surface area contributed by atoms with Crippen LogP contribution in [0.25, 0.3) is 0 Å². The van der Waals surface area contributed by atoms with Crippen LogP contribution in [0.4, 0.5) is 0 Å². The Hall–Kier alpha value is -3.30. The molecular weight excluding hydrogens is 604 g/mol. The Morgan fingerprint density at radius 2 is 1.70 bits per heavy atom. The van der Waals surface area contributed by atoms with Crippen molar-refractivity contribution in [3.63, 3.8) is 0 Å². The zero-order valence-corrected chi connectivity index (χ0v) is 27.4.